The third kappa shape index (κ3) is 2.96. The summed E-state index contributed by atoms with van der Waals surface area (Å²) >= 11 is 0. The van der Waals surface area contributed by atoms with Crippen LogP contribution in [0.5, 0.6) is 0 Å². The van der Waals surface area contributed by atoms with E-state index in [2.05, 4.69) is 10.5 Å². The molecule has 1 heterocycles. The van der Waals surface area contributed by atoms with Crippen LogP contribution in [0, 0.1) is 0 Å². The second-order valence-corrected chi connectivity index (χ2v) is 4.35. The Balaban J connectivity index is 2.37. The molecule has 0 spiro atoms. The summed E-state index contributed by atoms with van der Waals surface area (Å²) in [7, 11) is 0. The second kappa shape index (κ2) is 5.43. The molecule has 0 fully saturated rings. The van der Waals surface area contributed by atoms with Gasteiger partial charge in [-0.2, -0.15) is 18.3 Å². The van der Waals surface area contributed by atoms with Crippen molar-refractivity contribution in [1.29, 1.82) is 0 Å². The van der Waals surface area contributed by atoms with E-state index in [1.165, 1.54) is 42.6 Å². The molecule has 1 unspecified atom stereocenters. The van der Waals surface area contributed by atoms with Gasteiger partial charge in [-0.1, -0.05) is 24.3 Å². The maximum absolute atomic E-state index is 13.4. The van der Waals surface area contributed by atoms with Gasteiger partial charge in [0.15, 0.2) is 5.54 Å². The van der Waals surface area contributed by atoms with Crippen LogP contribution in [0.4, 0.5) is 13.2 Å². The predicted molar refractivity (Wildman–Crippen MR) is 71.6 cm³/mol. The van der Waals surface area contributed by atoms with E-state index in [-0.39, 0.29) is 5.56 Å². The largest absolute Gasteiger partial charge is 0.478 e. The minimum Gasteiger partial charge on any atom is -0.478 e. The van der Waals surface area contributed by atoms with E-state index in [1.54, 1.807) is 0 Å². The van der Waals surface area contributed by atoms with Gasteiger partial charge in [0.1, 0.15) is 0 Å². The molecule has 2 N–H and O–H groups in total. The van der Waals surface area contributed by atoms with Gasteiger partial charge in [0, 0.05) is 12.3 Å². The fraction of sp³-hybridized carbons (Fsp3) is 0.143. The maximum Gasteiger partial charge on any atom is 0.420 e. The molecule has 0 saturated carbocycles. The van der Waals surface area contributed by atoms with Crippen molar-refractivity contribution >= 4 is 18.3 Å². The lowest BCUT2D eigenvalue weighted by Gasteiger charge is -2.34. The molecule has 0 aromatic heterocycles. The van der Waals surface area contributed by atoms with Crippen LogP contribution in [0.15, 0.2) is 47.6 Å². The molecule has 0 aliphatic carbocycles. The monoisotopic (exact) mass is 296 g/mol. The molecule has 1 atom stereocenters. The Kier molecular flexibility index (Phi) is 3.84. The summed E-state index contributed by atoms with van der Waals surface area (Å²) in [4.78, 5) is 10.4. The first-order chi connectivity index (χ1) is 9.85. The van der Waals surface area contributed by atoms with E-state index >= 15 is 0 Å². The fourth-order valence-electron chi connectivity index (χ4n) is 1.91. The number of hydrogen-bond acceptors (Lipinski definition) is 3. The number of carboxylic acid groups (broad SMARTS) is 1. The van der Waals surface area contributed by atoms with Crippen LogP contribution in [-0.4, -0.2) is 23.5 Å². The molecule has 1 aromatic carbocycles. The Labute approximate surface area is 118 Å². The Morgan fingerprint density at radius 2 is 1.95 bits per heavy atom. The van der Waals surface area contributed by atoms with Gasteiger partial charge in [0.25, 0.3) is 0 Å². The fourth-order valence-corrected chi connectivity index (χ4v) is 1.91. The number of carboxylic acids is 1. The van der Waals surface area contributed by atoms with Crippen LogP contribution < -0.4 is 5.43 Å². The number of aliphatic carboxylic acids is 1. The number of carbonyl (C=O) groups is 1. The molecule has 21 heavy (non-hydrogen) atoms. The van der Waals surface area contributed by atoms with Crippen molar-refractivity contribution in [3.63, 3.8) is 0 Å². The van der Waals surface area contributed by atoms with Crippen molar-refractivity contribution in [3.8, 4) is 0 Å². The Bertz CT molecular complexity index is 618. The van der Waals surface area contributed by atoms with Gasteiger partial charge in [0.2, 0.25) is 0 Å². The number of hydrogen-bond donors (Lipinski definition) is 2. The normalized spacial score (nSPS) is 21.5. The highest BCUT2D eigenvalue weighted by Crippen LogP contribution is 2.41. The number of allylic oxidation sites excluding steroid dienone is 1. The third-order valence-electron chi connectivity index (χ3n) is 2.98. The lowest BCUT2D eigenvalue weighted by Crippen LogP contribution is -2.51. The molecule has 0 bridgehead atoms. The predicted octanol–water partition coefficient (Wildman–Crippen LogP) is 2.69. The number of nitrogens with zero attached hydrogens (tertiary/aromatic N) is 1. The quantitative estimate of drug-likeness (QED) is 0.843. The van der Waals surface area contributed by atoms with Crippen LogP contribution in [-0.2, 0) is 10.3 Å². The molecule has 110 valence electrons. The first-order valence-corrected chi connectivity index (χ1v) is 5.91. The molecule has 0 amide bonds. The van der Waals surface area contributed by atoms with Crippen molar-refractivity contribution in [3.05, 3.63) is 53.6 Å². The summed E-state index contributed by atoms with van der Waals surface area (Å²) in [5.74, 6) is -1.13. The molecule has 1 aliphatic heterocycles. The van der Waals surface area contributed by atoms with Gasteiger partial charge < -0.3 is 5.11 Å². The van der Waals surface area contributed by atoms with Crippen LogP contribution in [0.25, 0.3) is 6.08 Å². The average molecular weight is 296 g/mol. The SMILES string of the molecule is O=C(O)C=Cc1ccc(C2(C(F)(F)F)C=CC=NN2)cc1. The highest BCUT2D eigenvalue weighted by molar-refractivity contribution is 5.85. The summed E-state index contributed by atoms with van der Waals surface area (Å²) in [5, 5.41) is 12.0. The number of benzene rings is 1. The Morgan fingerprint density at radius 1 is 1.29 bits per heavy atom. The van der Waals surface area contributed by atoms with E-state index in [9.17, 15) is 18.0 Å². The van der Waals surface area contributed by atoms with Gasteiger partial charge in [-0.05, 0) is 29.4 Å². The van der Waals surface area contributed by atoms with E-state index in [0.717, 1.165) is 12.2 Å². The molecule has 2 rings (SSSR count). The standard InChI is InChI=1S/C14H11F3N2O2/c15-14(16,17)13(8-1-9-18-19-13)11-5-2-10(3-6-11)4-7-12(20)21/h1-9,19H,(H,20,21). The Morgan fingerprint density at radius 3 is 2.43 bits per heavy atom. The van der Waals surface area contributed by atoms with Crippen molar-refractivity contribution in [2.45, 2.75) is 11.7 Å². The van der Waals surface area contributed by atoms with E-state index in [4.69, 9.17) is 5.11 Å². The number of hydrazone groups is 1. The minimum absolute atomic E-state index is 0.0319. The highest BCUT2D eigenvalue weighted by atomic mass is 19.4. The first-order valence-electron chi connectivity index (χ1n) is 5.91. The molecule has 0 radical (unpaired) electrons. The average Bonchev–Trinajstić information content (AvgIpc) is 2.45. The number of rotatable bonds is 3. The van der Waals surface area contributed by atoms with Crippen LogP contribution in [0.2, 0.25) is 0 Å². The highest BCUT2D eigenvalue weighted by Gasteiger charge is 2.55. The van der Waals surface area contributed by atoms with Crippen LogP contribution in [0.3, 0.4) is 0 Å². The number of nitrogens with one attached hydrogen (secondary N) is 1. The zero-order chi connectivity index (χ0) is 15.5. The van der Waals surface area contributed by atoms with E-state index in [1.807, 2.05) is 0 Å². The van der Waals surface area contributed by atoms with Crippen molar-refractivity contribution in [1.82, 2.24) is 5.43 Å². The van der Waals surface area contributed by atoms with E-state index < -0.39 is 17.7 Å². The third-order valence-corrected chi connectivity index (χ3v) is 2.98. The Hall–Kier alpha value is -2.57. The molecule has 1 aliphatic rings. The second-order valence-electron chi connectivity index (χ2n) is 4.35. The van der Waals surface area contributed by atoms with Gasteiger partial charge in [-0.15, -0.1) is 0 Å². The number of halogens is 3. The summed E-state index contributed by atoms with van der Waals surface area (Å²) in [6.07, 6.45) is 1.09. The van der Waals surface area contributed by atoms with Crippen molar-refractivity contribution in [2.75, 3.05) is 0 Å². The summed E-state index contributed by atoms with van der Waals surface area (Å²) < 4.78 is 40.1. The number of alkyl halides is 3. The van der Waals surface area contributed by atoms with Crippen molar-refractivity contribution in [2.24, 2.45) is 5.10 Å². The molecule has 1 aromatic rings. The zero-order valence-electron chi connectivity index (χ0n) is 10.6. The molecule has 4 nitrogen and oxygen atoms in total. The summed E-state index contributed by atoms with van der Waals surface area (Å²) in [6.45, 7) is 0. The topological polar surface area (TPSA) is 61.7 Å². The smallest absolute Gasteiger partial charge is 0.420 e. The lowest BCUT2D eigenvalue weighted by molar-refractivity contribution is -0.185. The summed E-state index contributed by atoms with van der Waals surface area (Å²) in [6, 6.07) is 5.40. The van der Waals surface area contributed by atoms with Gasteiger partial charge in [0.05, 0.1) is 0 Å². The molecular formula is C14H11F3N2O2. The van der Waals surface area contributed by atoms with Gasteiger partial charge >= 0.3 is 12.1 Å². The van der Waals surface area contributed by atoms with Crippen molar-refractivity contribution < 1.29 is 23.1 Å². The first kappa shape index (κ1) is 14.8. The molecule has 7 heteroatoms. The van der Waals surface area contributed by atoms with E-state index in [0.29, 0.717) is 5.56 Å². The van der Waals surface area contributed by atoms with Gasteiger partial charge in [-0.25, -0.2) is 4.79 Å². The van der Waals surface area contributed by atoms with Crippen LogP contribution in [0.1, 0.15) is 11.1 Å². The lowest BCUT2D eigenvalue weighted by atomic mass is 9.88. The minimum atomic E-state index is -4.57. The molecule has 0 saturated heterocycles. The molecular weight excluding hydrogens is 285 g/mol. The maximum atomic E-state index is 13.4. The van der Waals surface area contributed by atoms with Crippen LogP contribution >= 0.6 is 0 Å². The zero-order valence-corrected chi connectivity index (χ0v) is 10.6. The van der Waals surface area contributed by atoms with Gasteiger partial charge in [-0.3, -0.25) is 5.43 Å². The summed E-state index contributed by atoms with van der Waals surface area (Å²) in [5.41, 5.74) is 0.182.